The molecule has 0 aliphatic rings. The summed E-state index contributed by atoms with van der Waals surface area (Å²) < 4.78 is 16.9. The second-order valence-corrected chi connectivity index (χ2v) is 7.95. The number of rotatable bonds is 10. The van der Waals surface area contributed by atoms with Crippen LogP contribution in [-0.4, -0.2) is 30.8 Å². The van der Waals surface area contributed by atoms with Crippen LogP contribution in [0.5, 0.6) is 17.2 Å². The Morgan fingerprint density at radius 2 is 1.73 bits per heavy atom. The first-order valence-corrected chi connectivity index (χ1v) is 11.5. The van der Waals surface area contributed by atoms with Crippen molar-refractivity contribution in [1.82, 2.24) is 5.43 Å². The quantitative estimate of drug-likeness (QED) is 0.175. The van der Waals surface area contributed by atoms with Crippen LogP contribution in [0.3, 0.4) is 0 Å². The molecule has 0 fully saturated rings. The van der Waals surface area contributed by atoms with Crippen molar-refractivity contribution in [1.29, 1.82) is 0 Å². The number of non-ortho nitro benzene ring substituents is 1. The predicted octanol–water partition coefficient (Wildman–Crippen LogP) is 5.50. The van der Waals surface area contributed by atoms with E-state index in [2.05, 4.69) is 10.5 Å². The lowest BCUT2D eigenvalue weighted by Gasteiger charge is -2.12. The number of hydrogen-bond acceptors (Lipinski definition) is 7. The van der Waals surface area contributed by atoms with E-state index < -0.39 is 10.8 Å². The monoisotopic (exact) mass is 499 g/mol. The Balaban J connectivity index is 1.46. The third kappa shape index (κ3) is 6.21. The summed E-state index contributed by atoms with van der Waals surface area (Å²) in [6.45, 7) is 2.40. The molecule has 0 aliphatic heterocycles. The summed E-state index contributed by atoms with van der Waals surface area (Å²) in [5.41, 5.74) is 4.25. The summed E-state index contributed by atoms with van der Waals surface area (Å²) in [4.78, 5) is 23.3. The van der Waals surface area contributed by atoms with Gasteiger partial charge in [0, 0.05) is 12.1 Å². The SMILES string of the molecule is CCOc1cc(C=NNC(=O)c2cc3ccccc3cc2OC)ccc1OCc1cccc([N+](=O)[O-])c1. The van der Waals surface area contributed by atoms with Gasteiger partial charge in [-0.25, -0.2) is 5.43 Å². The van der Waals surface area contributed by atoms with Gasteiger partial charge in [0.05, 0.1) is 30.4 Å². The number of nitrogens with one attached hydrogen (secondary N) is 1. The van der Waals surface area contributed by atoms with E-state index in [0.29, 0.717) is 40.5 Å². The number of carbonyl (C=O) groups excluding carboxylic acids is 1. The number of carbonyl (C=O) groups is 1. The second-order valence-electron chi connectivity index (χ2n) is 7.95. The molecule has 0 saturated carbocycles. The molecule has 188 valence electrons. The first-order valence-electron chi connectivity index (χ1n) is 11.5. The molecule has 0 bridgehead atoms. The Kier molecular flexibility index (Phi) is 7.95. The van der Waals surface area contributed by atoms with Crippen LogP contribution in [0.4, 0.5) is 5.69 Å². The van der Waals surface area contributed by atoms with E-state index in [9.17, 15) is 14.9 Å². The van der Waals surface area contributed by atoms with Crippen LogP contribution in [0, 0.1) is 10.1 Å². The molecule has 0 atom stereocenters. The first-order chi connectivity index (χ1) is 18.0. The molecule has 0 radical (unpaired) electrons. The van der Waals surface area contributed by atoms with Gasteiger partial charge in [0.15, 0.2) is 11.5 Å². The van der Waals surface area contributed by atoms with Gasteiger partial charge in [-0.05, 0) is 59.2 Å². The molecular formula is C28H25N3O6. The second kappa shape index (κ2) is 11.7. The van der Waals surface area contributed by atoms with E-state index in [4.69, 9.17) is 14.2 Å². The molecule has 0 unspecified atom stereocenters. The van der Waals surface area contributed by atoms with Crippen molar-refractivity contribution in [2.24, 2.45) is 5.10 Å². The average molecular weight is 500 g/mol. The molecular weight excluding hydrogens is 474 g/mol. The lowest BCUT2D eigenvalue weighted by Crippen LogP contribution is -2.18. The van der Waals surface area contributed by atoms with Gasteiger partial charge in [-0.1, -0.05) is 36.4 Å². The van der Waals surface area contributed by atoms with Gasteiger partial charge in [0.25, 0.3) is 11.6 Å². The van der Waals surface area contributed by atoms with Gasteiger partial charge in [-0.2, -0.15) is 5.10 Å². The summed E-state index contributed by atoms with van der Waals surface area (Å²) in [6.07, 6.45) is 1.50. The molecule has 1 N–H and O–H groups in total. The fourth-order valence-electron chi connectivity index (χ4n) is 3.70. The van der Waals surface area contributed by atoms with Crippen LogP contribution >= 0.6 is 0 Å². The normalized spacial score (nSPS) is 10.9. The Morgan fingerprint density at radius 3 is 2.46 bits per heavy atom. The zero-order chi connectivity index (χ0) is 26.2. The largest absolute Gasteiger partial charge is 0.496 e. The molecule has 0 spiro atoms. The fraction of sp³-hybridized carbons (Fsp3) is 0.143. The van der Waals surface area contributed by atoms with Crippen molar-refractivity contribution in [3.8, 4) is 17.2 Å². The highest BCUT2D eigenvalue weighted by Gasteiger charge is 2.13. The van der Waals surface area contributed by atoms with Gasteiger partial charge in [0.1, 0.15) is 12.4 Å². The molecule has 0 heterocycles. The van der Waals surface area contributed by atoms with E-state index >= 15 is 0 Å². The van der Waals surface area contributed by atoms with Crippen molar-refractivity contribution in [3.63, 3.8) is 0 Å². The lowest BCUT2D eigenvalue weighted by atomic mass is 10.1. The van der Waals surface area contributed by atoms with Crippen molar-refractivity contribution < 1.29 is 23.9 Å². The smallest absolute Gasteiger partial charge is 0.275 e. The number of ether oxygens (including phenoxy) is 3. The number of nitro benzene ring substituents is 1. The van der Waals surface area contributed by atoms with E-state index in [0.717, 1.165) is 10.8 Å². The number of hydrazone groups is 1. The standard InChI is InChI=1S/C28H25N3O6/c1-3-36-27-14-19(11-12-25(27)37-18-20-7-6-10-23(13-20)31(33)34)17-29-30-28(32)24-15-21-8-4-5-9-22(21)16-26(24)35-2/h4-17H,3,18H2,1-2H3,(H,30,32). The van der Waals surface area contributed by atoms with Gasteiger partial charge >= 0.3 is 0 Å². The summed E-state index contributed by atoms with van der Waals surface area (Å²) in [5.74, 6) is 1.02. The molecule has 0 aromatic heterocycles. The van der Waals surface area contributed by atoms with E-state index in [1.165, 1.54) is 25.5 Å². The topological polar surface area (TPSA) is 112 Å². The predicted molar refractivity (Wildman–Crippen MR) is 141 cm³/mol. The van der Waals surface area contributed by atoms with Crippen LogP contribution in [0.1, 0.15) is 28.4 Å². The van der Waals surface area contributed by atoms with Crippen LogP contribution in [0.25, 0.3) is 10.8 Å². The van der Waals surface area contributed by atoms with Crippen molar-refractivity contribution >= 4 is 28.6 Å². The first kappa shape index (κ1) is 25.2. The van der Waals surface area contributed by atoms with Gasteiger partial charge in [-0.3, -0.25) is 14.9 Å². The minimum atomic E-state index is -0.446. The van der Waals surface area contributed by atoms with Crippen LogP contribution in [0.2, 0.25) is 0 Å². The van der Waals surface area contributed by atoms with Gasteiger partial charge in [0.2, 0.25) is 0 Å². The molecule has 9 heteroatoms. The zero-order valence-corrected chi connectivity index (χ0v) is 20.3. The molecule has 1 amide bonds. The maximum atomic E-state index is 12.8. The third-order valence-electron chi connectivity index (χ3n) is 5.48. The fourth-order valence-corrected chi connectivity index (χ4v) is 3.70. The average Bonchev–Trinajstić information content (AvgIpc) is 2.92. The Bertz CT molecular complexity index is 1470. The highest BCUT2D eigenvalue weighted by Crippen LogP contribution is 2.29. The number of methoxy groups -OCH3 is 1. The third-order valence-corrected chi connectivity index (χ3v) is 5.48. The Hall–Kier alpha value is -4.92. The van der Waals surface area contributed by atoms with Crippen LogP contribution in [-0.2, 0) is 6.61 Å². The number of nitro groups is 1. The van der Waals surface area contributed by atoms with Crippen LogP contribution < -0.4 is 19.6 Å². The summed E-state index contributed by atoms with van der Waals surface area (Å²) in [6, 6.07) is 22.8. The molecule has 4 aromatic rings. The molecule has 0 aliphatic carbocycles. The zero-order valence-electron chi connectivity index (χ0n) is 20.3. The minimum Gasteiger partial charge on any atom is -0.496 e. The van der Waals surface area contributed by atoms with E-state index in [-0.39, 0.29) is 12.3 Å². The number of fused-ring (bicyclic) bond motifs is 1. The van der Waals surface area contributed by atoms with Crippen LogP contribution in [0.15, 0.2) is 84.0 Å². The maximum Gasteiger partial charge on any atom is 0.275 e. The van der Waals surface area contributed by atoms with E-state index in [1.54, 1.807) is 36.4 Å². The molecule has 4 aromatic carbocycles. The lowest BCUT2D eigenvalue weighted by molar-refractivity contribution is -0.384. The number of nitrogens with zero attached hydrogens (tertiary/aromatic N) is 2. The van der Waals surface area contributed by atoms with E-state index in [1.807, 2.05) is 37.3 Å². The highest BCUT2D eigenvalue weighted by molar-refractivity contribution is 6.02. The Morgan fingerprint density at radius 1 is 0.946 bits per heavy atom. The highest BCUT2D eigenvalue weighted by atomic mass is 16.6. The summed E-state index contributed by atoms with van der Waals surface area (Å²) in [7, 11) is 1.52. The van der Waals surface area contributed by atoms with Crippen molar-refractivity contribution in [3.05, 3.63) is 106 Å². The number of hydrogen-bond donors (Lipinski definition) is 1. The molecule has 9 nitrogen and oxygen atoms in total. The van der Waals surface area contributed by atoms with Crippen molar-refractivity contribution in [2.75, 3.05) is 13.7 Å². The molecule has 4 rings (SSSR count). The van der Waals surface area contributed by atoms with Gasteiger partial charge < -0.3 is 14.2 Å². The summed E-state index contributed by atoms with van der Waals surface area (Å²) >= 11 is 0. The maximum absolute atomic E-state index is 12.8. The number of benzene rings is 4. The molecule has 37 heavy (non-hydrogen) atoms. The minimum absolute atomic E-state index is 0.000970. The molecule has 0 saturated heterocycles. The number of amides is 1. The summed E-state index contributed by atoms with van der Waals surface area (Å²) in [5, 5.41) is 17.0. The van der Waals surface area contributed by atoms with Crippen molar-refractivity contribution in [2.45, 2.75) is 13.5 Å². The Labute approximate surface area is 213 Å². The van der Waals surface area contributed by atoms with Gasteiger partial charge in [-0.15, -0.1) is 0 Å².